The van der Waals surface area contributed by atoms with E-state index in [1.165, 1.54) is 12.1 Å². The zero-order valence-electron chi connectivity index (χ0n) is 8.27. The van der Waals surface area contributed by atoms with Crippen molar-refractivity contribution in [3.63, 3.8) is 0 Å². The maximum atomic E-state index is 11.4. The first-order valence-electron chi connectivity index (χ1n) is 4.57. The number of hydrogen-bond acceptors (Lipinski definition) is 5. The molecule has 0 fully saturated rings. The minimum absolute atomic E-state index is 0.00759. The summed E-state index contributed by atoms with van der Waals surface area (Å²) in [5.41, 5.74) is 12.2. The maximum Gasteiger partial charge on any atom is 0.338 e. The van der Waals surface area contributed by atoms with Crippen molar-refractivity contribution in [2.24, 2.45) is 0 Å². The third kappa shape index (κ3) is 3.47. The van der Waals surface area contributed by atoms with Gasteiger partial charge in [-0.05, 0) is 18.2 Å². The van der Waals surface area contributed by atoms with E-state index in [0.717, 1.165) is 0 Å². The smallest absolute Gasteiger partial charge is 0.338 e. The standard InChI is InChI=1S/C10H14N2O3/c11-8-4-7(5-9(12)6-8)10(14)15-3-1-2-13/h4-6,13H,1-3,11-12H2. The first-order chi connectivity index (χ1) is 7.13. The Kier molecular flexibility index (Phi) is 3.93. The molecule has 0 amide bonds. The average Bonchev–Trinajstić information content (AvgIpc) is 2.16. The number of aliphatic hydroxyl groups is 1. The van der Waals surface area contributed by atoms with E-state index >= 15 is 0 Å². The third-order valence-corrected chi connectivity index (χ3v) is 1.75. The van der Waals surface area contributed by atoms with Gasteiger partial charge in [-0.2, -0.15) is 0 Å². The van der Waals surface area contributed by atoms with Gasteiger partial charge in [0, 0.05) is 24.4 Å². The van der Waals surface area contributed by atoms with Crippen molar-refractivity contribution in [2.45, 2.75) is 6.42 Å². The van der Waals surface area contributed by atoms with Crippen LogP contribution in [0.15, 0.2) is 18.2 Å². The number of aliphatic hydroxyl groups excluding tert-OH is 1. The summed E-state index contributed by atoms with van der Waals surface area (Å²) < 4.78 is 4.87. The van der Waals surface area contributed by atoms with E-state index in [9.17, 15) is 4.79 Å². The molecule has 0 radical (unpaired) electrons. The molecule has 82 valence electrons. The molecule has 0 spiro atoms. The Morgan fingerprint density at radius 3 is 2.40 bits per heavy atom. The molecule has 0 unspecified atom stereocenters. The normalized spacial score (nSPS) is 9.93. The van der Waals surface area contributed by atoms with Crippen LogP contribution in [0.4, 0.5) is 11.4 Å². The Labute approximate surface area is 87.6 Å². The quantitative estimate of drug-likeness (QED) is 0.379. The molecule has 0 saturated heterocycles. The molecule has 0 heterocycles. The number of nitrogen functional groups attached to an aromatic ring is 2. The van der Waals surface area contributed by atoms with Crippen LogP contribution in [-0.4, -0.2) is 24.3 Å². The van der Waals surface area contributed by atoms with E-state index in [-0.39, 0.29) is 13.2 Å². The fraction of sp³-hybridized carbons (Fsp3) is 0.300. The molecule has 0 aliphatic heterocycles. The summed E-state index contributed by atoms with van der Waals surface area (Å²) in [5, 5.41) is 8.51. The number of carbonyl (C=O) groups is 1. The highest BCUT2D eigenvalue weighted by Crippen LogP contribution is 2.14. The molecule has 0 aliphatic carbocycles. The zero-order valence-corrected chi connectivity index (χ0v) is 8.27. The molecule has 1 aromatic rings. The predicted octanol–water partition coefficient (Wildman–Crippen LogP) is 0.390. The van der Waals surface area contributed by atoms with Gasteiger partial charge in [0.25, 0.3) is 0 Å². The van der Waals surface area contributed by atoms with E-state index in [4.69, 9.17) is 21.3 Å². The molecule has 0 bridgehead atoms. The number of carbonyl (C=O) groups excluding carboxylic acids is 1. The molecule has 1 rings (SSSR count). The van der Waals surface area contributed by atoms with E-state index in [1.807, 2.05) is 0 Å². The minimum atomic E-state index is -0.484. The van der Waals surface area contributed by atoms with Crippen molar-refractivity contribution in [3.8, 4) is 0 Å². The van der Waals surface area contributed by atoms with Gasteiger partial charge in [0.2, 0.25) is 0 Å². The van der Waals surface area contributed by atoms with Crippen LogP contribution in [0.3, 0.4) is 0 Å². The molecule has 0 aliphatic rings. The van der Waals surface area contributed by atoms with Crippen LogP contribution < -0.4 is 11.5 Å². The van der Waals surface area contributed by atoms with Crippen molar-refractivity contribution in [2.75, 3.05) is 24.7 Å². The Hall–Kier alpha value is -1.75. The van der Waals surface area contributed by atoms with Crippen LogP contribution in [0.5, 0.6) is 0 Å². The lowest BCUT2D eigenvalue weighted by atomic mass is 10.2. The van der Waals surface area contributed by atoms with Crippen LogP contribution in [0.1, 0.15) is 16.8 Å². The second-order valence-corrected chi connectivity index (χ2v) is 3.10. The molecule has 5 heteroatoms. The maximum absolute atomic E-state index is 11.4. The lowest BCUT2D eigenvalue weighted by Gasteiger charge is -2.05. The average molecular weight is 210 g/mol. The van der Waals surface area contributed by atoms with E-state index in [2.05, 4.69) is 0 Å². The summed E-state index contributed by atoms with van der Waals surface area (Å²) in [6.45, 7) is 0.177. The molecule has 15 heavy (non-hydrogen) atoms. The minimum Gasteiger partial charge on any atom is -0.462 e. The van der Waals surface area contributed by atoms with E-state index in [0.29, 0.717) is 23.4 Å². The van der Waals surface area contributed by atoms with E-state index < -0.39 is 5.97 Å². The van der Waals surface area contributed by atoms with Crippen LogP contribution in [0, 0.1) is 0 Å². The molecule has 1 aromatic carbocycles. The number of ether oxygens (including phenoxy) is 1. The van der Waals surface area contributed by atoms with Gasteiger partial charge < -0.3 is 21.3 Å². The Morgan fingerprint density at radius 1 is 1.27 bits per heavy atom. The number of benzene rings is 1. The van der Waals surface area contributed by atoms with Crippen molar-refractivity contribution < 1.29 is 14.6 Å². The highest BCUT2D eigenvalue weighted by atomic mass is 16.5. The Bertz CT molecular complexity index is 332. The van der Waals surface area contributed by atoms with Crippen LogP contribution in [0.25, 0.3) is 0 Å². The predicted molar refractivity (Wildman–Crippen MR) is 57.3 cm³/mol. The first kappa shape index (κ1) is 11.3. The van der Waals surface area contributed by atoms with Gasteiger partial charge in [-0.1, -0.05) is 0 Å². The van der Waals surface area contributed by atoms with E-state index in [1.54, 1.807) is 6.07 Å². The SMILES string of the molecule is Nc1cc(N)cc(C(=O)OCCCO)c1. The topological polar surface area (TPSA) is 98.6 Å². The zero-order chi connectivity index (χ0) is 11.3. The largest absolute Gasteiger partial charge is 0.462 e. The summed E-state index contributed by atoms with van der Waals surface area (Å²) in [6, 6.07) is 4.56. The van der Waals surface area contributed by atoms with Crippen molar-refractivity contribution in [3.05, 3.63) is 23.8 Å². The van der Waals surface area contributed by atoms with Gasteiger partial charge in [0.05, 0.1) is 12.2 Å². The van der Waals surface area contributed by atoms with Gasteiger partial charge >= 0.3 is 5.97 Å². The van der Waals surface area contributed by atoms with Crippen LogP contribution in [0.2, 0.25) is 0 Å². The molecule has 5 nitrogen and oxygen atoms in total. The Morgan fingerprint density at radius 2 is 1.87 bits per heavy atom. The third-order valence-electron chi connectivity index (χ3n) is 1.75. The molecule has 0 atom stereocenters. The fourth-order valence-corrected chi connectivity index (χ4v) is 1.11. The van der Waals surface area contributed by atoms with Gasteiger partial charge in [-0.15, -0.1) is 0 Å². The van der Waals surface area contributed by atoms with Crippen LogP contribution >= 0.6 is 0 Å². The van der Waals surface area contributed by atoms with Gasteiger partial charge in [-0.3, -0.25) is 0 Å². The number of nitrogens with two attached hydrogens (primary N) is 2. The fourth-order valence-electron chi connectivity index (χ4n) is 1.11. The summed E-state index contributed by atoms with van der Waals surface area (Å²) in [4.78, 5) is 11.4. The highest BCUT2D eigenvalue weighted by Gasteiger charge is 2.08. The number of anilines is 2. The highest BCUT2D eigenvalue weighted by molar-refractivity contribution is 5.91. The molecular formula is C10H14N2O3. The number of hydrogen-bond donors (Lipinski definition) is 3. The molecule has 5 N–H and O–H groups in total. The monoisotopic (exact) mass is 210 g/mol. The second-order valence-electron chi connectivity index (χ2n) is 3.10. The summed E-state index contributed by atoms with van der Waals surface area (Å²) in [6.07, 6.45) is 0.420. The molecule has 0 saturated carbocycles. The lowest BCUT2D eigenvalue weighted by Crippen LogP contribution is -2.08. The van der Waals surface area contributed by atoms with Gasteiger partial charge in [0.15, 0.2) is 0 Å². The number of esters is 1. The summed E-state index contributed by atoms with van der Waals surface area (Å²) in [7, 11) is 0. The van der Waals surface area contributed by atoms with Crippen molar-refractivity contribution >= 4 is 17.3 Å². The van der Waals surface area contributed by atoms with Gasteiger partial charge in [-0.25, -0.2) is 4.79 Å². The molecule has 0 aromatic heterocycles. The summed E-state index contributed by atoms with van der Waals surface area (Å²) in [5.74, 6) is -0.484. The molecular weight excluding hydrogens is 196 g/mol. The van der Waals surface area contributed by atoms with Crippen molar-refractivity contribution in [1.29, 1.82) is 0 Å². The second kappa shape index (κ2) is 5.21. The van der Waals surface area contributed by atoms with Crippen molar-refractivity contribution in [1.82, 2.24) is 0 Å². The Balaban J connectivity index is 2.65. The number of rotatable bonds is 4. The van der Waals surface area contributed by atoms with Crippen LogP contribution in [-0.2, 0) is 4.74 Å². The lowest BCUT2D eigenvalue weighted by molar-refractivity contribution is 0.0482. The van der Waals surface area contributed by atoms with Gasteiger partial charge in [0.1, 0.15) is 0 Å². The summed E-state index contributed by atoms with van der Waals surface area (Å²) >= 11 is 0. The first-order valence-corrected chi connectivity index (χ1v) is 4.57.